The molecule has 9 nitrogen and oxygen atoms in total. The molecule has 1 heterocycles. The van der Waals surface area contributed by atoms with Gasteiger partial charge in [0.2, 0.25) is 0 Å². The summed E-state index contributed by atoms with van der Waals surface area (Å²) >= 11 is 0. The second-order valence-electron chi connectivity index (χ2n) is 4.65. The van der Waals surface area contributed by atoms with Gasteiger partial charge in [-0.15, -0.1) is 5.10 Å². The molecule has 1 atom stereocenters. The molecule has 0 bridgehead atoms. The number of nitrogens with two attached hydrogens (primary N) is 1. The second kappa shape index (κ2) is 6.49. The fraction of sp³-hybridized carbons (Fsp3) is 0.250. The molecule has 0 aliphatic heterocycles. The number of benzene rings is 1. The highest BCUT2D eigenvalue weighted by molar-refractivity contribution is 7.90. The van der Waals surface area contributed by atoms with Crippen molar-refractivity contribution in [2.45, 2.75) is 11.1 Å². The van der Waals surface area contributed by atoms with Crippen LogP contribution in [0.1, 0.15) is 11.6 Å². The molecule has 0 saturated carbocycles. The number of methoxy groups -OCH3 is 1. The molecule has 24 heavy (non-hydrogen) atoms. The number of halogens is 2. The Morgan fingerprint density at radius 1 is 1.38 bits per heavy atom. The van der Waals surface area contributed by atoms with E-state index in [9.17, 15) is 22.0 Å². The summed E-state index contributed by atoms with van der Waals surface area (Å²) in [7, 11) is -1.86. The summed E-state index contributed by atoms with van der Waals surface area (Å²) in [5.74, 6) is -3.72. The van der Waals surface area contributed by atoms with Crippen molar-refractivity contribution in [3.05, 3.63) is 35.5 Å². The van der Waals surface area contributed by atoms with E-state index >= 15 is 0 Å². The quantitative estimate of drug-likeness (QED) is 0.742. The van der Waals surface area contributed by atoms with Gasteiger partial charge in [-0.25, -0.2) is 18.2 Å². The zero-order chi connectivity index (χ0) is 18.1. The van der Waals surface area contributed by atoms with Crippen LogP contribution in [0.25, 0.3) is 0 Å². The van der Waals surface area contributed by atoms with Crippen molar-refractivity contribution in [1.29, 1.82) is 0 Å². The summed E-state index contributed by atoms with van der Waals surface area (Å²) in [6.07, 6.45) is 0.898. The lowest BCUT2D eigenvalue weighted by atomic mass is 10.1. The Bertz CT molecular complexity index is 860. The summed E-state index contributed by atoms with van der Waals surface area (Å²) in [5.41, 5.74) is 4.71. The van der Waals surface area contributed by atoms with Gasteiger partial charge in [0, 0.05) is 19.2 Å². The molecular weight excluding hydrogens is 348 g/mol. The molecule has 0 fully saturated rings. The third kappa shape index (κ3) is 3.33. The summed E-state index contributed by atoms with van der Waals surface area (Å²) in [4.78, 5) is 12.0. The van der Waals surface area contributed by atoms with Crippen LogP contribution in [0.15, 0.2) is 23.4 Å². The first-order valence-electron chi connectivity index (χ1n) is 6.37. The van der Waals surface area contributed by atoms with Gasteiger partial charge in [0.15, 0.2) is 5.03 Å². The van der Waals surface area contributed by atoms with E-state index in [4.69, 9.17) is 5.73 Å². The molecule has 0 aliphatic carbocycles. The van der Waals surface area contributed by atoms with Crippen molar-refractivity contribution in [3.8, 4) is 5.75 Å². The van der Waals surface area contributed by atoms with Crippen molar-refractivity contribution >= 4 is 15.9 Å². The number of rotatable bonds is 5. The Balaban J connectivity index is 2.30. The van der Waals surface area contributed by atoms with E-state index in [1.165, 1.54) is 14.2 Å². The number of hydrogen-bond donors (Lipinski definition) is 2. The van der Waals surface area contributed by atoms with Crippen molar-refractivity contribution in [3.63, 3.8) is 0 Å². The third-order valence-electron chi connectivity index (χ3n) is 3.06. The predicted molar refractivity (Wildman–Crippen MR) is 76.2 cm³/mol. The first-order valence-corrected chi connectivity index (χ1v) is 7.85. The van der Waals surface area contributed by atoms with E-state index in [0.717, 1.165) is 23.0 Å². The van der Waals surface area contributed by atoms with Gasteiger partial charge in [0.1, 0.15) is 23.4 Å². The fourth-order valence-corrected chi connectivity index (χ4v) is 2.95. The maximum absolute atomic E-state index is 13.9. The average molecular weight is 361 g/mol. The number of carbonyl (C=O) groups excluding carboxylic acids is 1. The van der Waals surface area contributed by atoms with E-state index in [1.807, 2.05) is 0 Å². The van der Waals surface area contributed by atoms with Crippen LogP contribution < -0.4 is 15.2 Å². The number of amides is 1. The number of nitrogens with one attached hydrogen (secondary N) is 1. The summed E-state index contributed by atoms with van der Waals surface area (Å²) in [5, 5.41) is 6.36. The van der Waals surface area contributed by atoms with Gasteiger partial charge in [-0.1, -0.05) is 5.21 Å². The van der Waals surface area contributed by atoms with Gasteiger partial charge in [0.25, 0.3) is 15.9 Å². The smallest absolute Gasteiger partial charge is 0.282 e. The number of aromatic nitrogens is 3. The van der Waals surface area contributed by atoms with Gasteiger partial charge in [-0.05, 0) is 0 Å². The maximum atomic E-state index is 13.9. The molecule has 12 heteroatoms. The highest BCUT2D eigenvalue weighted by Crippen LogP contribution is 2.25. The molecule has 130 valence electrons. The monoisotopic (exact) mass is 361 g/mol. The van der Waals surface area contributed by atoms with Gasteiger partial charge in [-0.3, -0.25) is 4.79 Å². The lowest BCUT2D eigenvalue weighted by Crippen LogP contribution is -2.39. The van der Waals surface area contributed by atoms with Crippen molar-refractivity contribution in [2.75, 3.05) is 7.11 Å². The van der Waals surface area contributed by atoms with Crippen LogP contribution in [-0.2, 0) is 21.9 Å². The molecule has 0 saturated heterocycles. The number of hydrogen-bond acceptors (Lipinski definition) is 7. The maximum Gasteiger partial charge on any atom is 0.282 e. The molecule has 2 aromatic rings. The van der Waals surface area contributed by atoms with Crippen molar-refractivity contribution < 1.29 is 26.7 Å². The topological polar surface area (TPSA) is 129 Å². The molecule has 1 amide bonds. The van der Waals surface area contributed by atoms with E-state index in [0.29, 0.717) is 0 Å². The van der Waals surface area contributed by atoms with Crippen LogP contribution in [0.4, 0.5) is 8.78 Å². The first kappa shape index (κ1) is 17.7. The third-order valence-corrected chi connectivity index (χ3v) is 4.46. The van der Waals surface area contributed by atoms with Crippen LogP contribution in [0.3, 0.4) is 0 Å². The number of aryl methyl sites for hydroxylation is 1. The second-order valence-corrected chi connectivity index (χ2v) is 6.28. The van der Waals surface area contributed by atoms with E-state index < -0.39 is 44.2 Å². The fourth-order valence-electron chi connectivity index (χ4n) is 1.88. The van der Waals surface area contributed by atoms with Gasteiger partial charge in [-0.2, -0.15) is 8.42 Å². The van der Waals surface area contributed by atoms with Gasteiger partial charge >= 0.3 is 0 Å². The van der Waals surface area contributed by atoms with Crippen LogP contribution in [0, 0.1) is 11.6 Å². The summed E-state index contributed by atoms with van der Waals surface area (Å²) < 4.78 is 59.1. The number of sulfonamides is 1. The summed E-state index contributed by atoms with van der Waals surface area (Å²) in [6, 6.07) is -0.247. The first-order chi connectivity index (χ1) is 11.2. The molecule has 1 aromatic heterocycles. The molecule has 0 spiro atoms. The zero-order valence-electron chi connectivity index (χ0n) is 12.5. The van der Waals surface area contributed by atoms with Crippen LogP contribution >= 0.6 is 0 Å². The summed E-state index contributed by atoms with van der Waals surface area (Å²) in [6.45, 7) is 0. The van der Waals surface area contributed by atoms with E-state index in [1.54, 1.807) is 4.72 Å². The van der Waals surface area contributed by atoms with Crippen LogP contribution in [-0.4, -0.2) is 36.4 Å². The molecule has 1 aromatic carbocycles. The van der Waals surface area contributed by atoms with Crippen molar-refractivity contribution in [2.24, 2.45) is 12.8 Å². The molecule has 1 unspecified atom stereocenters. The molecule has 3 N–H and O–H groups in total. The van der Waals surface area contributed by atoms with E-state index in [2.05, 4.69) is 15.0 Å². The zero-order valence-corrected chi connectivity index (χ0v) is 13.3. The minimum absolute atomic E-state index is 0.116. The minimum atomic E-state index is -4.35. The Kier molecular flexibility index (Phi) is 4.80. The van der Waals surface area contributed by atoms with E-state index in [-0.39, 0.29) is 5.75 Å². The lowest BCUT2D eigenvalue weighted by Gasteiger charge is -2.15. The number of carbonyl (C=O) groups is 1. The molecule has 0 aliphatic rings. The SMILES string of the molecule is COc1cc(F)c(C(N)C(=O)NS(=O)(=O)c2cnnn2C)c(F)c1. The predicted octanol–water partition coefficient (Wildman–Crippen LogP) is -0.393. The highest BCUT2D eigenvalue weighted by atomic mass is 32.2. The molecule has 0 radical (unpaired) electrons. The molecule has 2 rings (SSSR count). The lowest BCUT2D eigenvalue weighted by molar-refractivity contribution is -0.120. The average Bonchev–Trinajstić information content (AvgIpc) is 2.92. The Labute approximate surface area is 135 Å². The number of nitrogens with zero attached hydrogens (tertiary/aromatic N) is 3. The largest absolute Gasteiger partial charge is 0.497 e. The Hall–Kier alpha value is -2.60. The minimum Gasteiger partial charge on any atom is -0.497 e. The number of ether oxygens (including phenoxy) is 1. The van der Waals surface area contributed by atoms with Crippen LogP contribution in [0.2, 0.25) is 0 Å². The molecular formula is C12H13F2N5O4S. The highest BCUT2D eigenvalue weighted by Gasteiger charge is 2.29. The van der Waals surface area contributed by atoms with Gasteiger partial charge in [0.05, 0.1) is 18.9 Å². The normalized spacial score (nSPS) is 12.7. The Morgan fingerprint density at radius 2 is 1.96 bits per heavy atom. The van der Waals surface area contributed by atoms with Crippen LogP contribution in [0.5, 0.6) is 5.75 Å². The standard InChI is InChI=1S/C12H13F2N5O4S/c1-19-9(5-16-18-19)24(21,22)17-12(20)11(15)10-7(13)3-6(23-2)4-8(10)14/h3-5,11H,15H2,1-2H3,(H,17,20). The van der Waals surface area contributed by atoms with Crippen molar-refractivity contribution in [1.82, 2.24) is 19.7 Å². The van der Waals surface area contributed by atoms with Gasteiger partial charge < -0.3 is 10.5 Å². The Morgan fingerprint density at radius 3 is 2.42 bits per heavy atom.